The van der Waals surface area contributed by atoms with Crippen molar-refractivity contribution in [2.45, 2.75) is 26.9 Å². The fraction of sp³-hybridized carbons (Fsp3) is 0.174. The molecule has 0 aliphatic heterocycles. The van der Waals surface area contributed by atoms with Gasteiger partial charge < -0.3 is 9.73 Å². The van der Waals surface area contributed by atoms with Gasteiger partial charge in [-0.15, -0.1) is 0 Å². The van der Waals surface area contributed by atoms with E-state index in [1.165, 1.54) is 10.8 Å². The van der Waals surface area contributed by atoms with E-state index >= 15 is 0 Å². The van der Waals surface area contributed by atoms with Crippen LogP contribution in [0.15, 0.2) is 74.9 Å². The number of carbonyl (C=O) groups excluding carboxylic acids is 1. The lowest BCUT2D eigenvalue weighted by Crippen LogP contribution is -2.41. The van der Waals surface area contributed by atoms with E-state index in [0.717, 1.165) is 15.7 Å². The maximum Gasteiger partial charge on any atom is 0.336 e. The molecule has 0 saturated carbocycles. The smallest absolute Gasteiger partial charge is 0.336 e. The Labute approximate surface area is 172 Å². The number of amides is 1. The number of hydrogen-bond donors (Lipinski definition) is 1. The molecular weight excluding hydrogens is 382 g/mol. The van der Waals surface area contributed by atoms with Crippen molar-refractivity contribution < 1.29 is 9.21 Å². The third kappa shape index (κ3) is 3.69. The molecule has 0 radical (unpaired) electrons. The molecule has 0 spiro atoms. The van der Waals surface area contributed by atoms with Crippen molar-refractivity contribution in [1.82, 2.24) is 14.5 Å². The van der Waals surface area contributed by atoms with Crippen molar-refractivity contribution >= 4 is 16.8 Å². The summed E-state index contributed by atoms with van der Waals surface area (Å²) in [4.78, 5) is 39.0. The van der Waals surface area contributed by atoms with E-state index in [9.17, 15) is 14.4 Å². The number of aryl methyl sites for hydroxylation is 2. The fourth-order valence-corrected chi connectivity index (χ4v) is 3.43. The van der Waals surface area contributed by atoms with E-state index in [2.05, 4.69) is 5.32 Å². The highest BCUT2D eigenvalue weighted by Gasteiger charge is 2.17. The lowest BCUT2D eigenvalue weighted by molar-refractivity contribution is -0.121. The van der Waals surface area contributed by atoms with Gasteiger partial charge in [-0.1, -0.05) is 23.8 Å². The molecule has 2 aromatic carbocycles. The number of nitrogens with zero attached hydrogens (tertiary/aromatic N) is 2. The molecule has 0 bridgehead atoms. The van der Waals surface area contributed by atoms with Gasteiger partial charge in [-0.3, -0.25) is 14.2 Å². The van der Waals surface area contributed by atoms with Crippen LogP contribution in [-0.4, -0.2) is 15.0 Å². The van der Waals surface area contributed by atoms with Crippen LogP contribution in [0.5, 0.6) is 0 Å². The average Bonchev–Trinajstić information content (AvgIpc) is 3.24. The number of nitrogens with one attached hydrogen (secondary N) is 1. The summed E-state index contributed by atoms with van der Waals surface area (Å²) in [5, 5.41) is 3.12. The average molecular weight is 403 g/mol. The highest BCUT2D eigenvalue weighted by Crippen LogP contribution is 2.13. The third-order valence-corrected chi connectivity index (χ3v) is 4.90. The highest BCUT2D eigenvalue weighted by atomic mass is 16.3. The van der Waals surface area contributed by atoms with Gasteiger partial charge in [0, 0.05) is 0 Å². The molecule has 2 heterocycles. The minimum absolute atomic E-state index is 0.217. The number of furan rings is 1. The first-order valence-corrected chi connectivity index (χ1v) is 9.56. The van der Waals surface area contributed by atoms with Crippen LogP contribution in [0.25, 0.3) is 16.6 Å². The van der Waals surface area contributed by atoms with Crippen LogP contribution in [0.1, 0.15) is 16.9 Å². The van der Waals surface area contributed by atoms with Gasteiger partial charge in [0.2, 0.25) is 5.91 Å². The maximum atomic E-state index is 13.3. The second-order valence-corrected chi connectivity index (χ2v) is 7.22. The SMILES string of the molecule is Cc1cccc(-n2c(=O)c3cc(C)ccc3n(CC(=O)NCc3ccco3)c2=O)c1. The molecule has 152 valence electrons. The predicted octanol–water partition coefficient (Wildman–Crippen LogP) is 2.68. The lowest BCUT2D eigenvalue weighted by atomic mass is 10.1. The van der Waals surface area contributed by atoms with Gasteiger partial charge >= 0.3 is 5.69 Å². The van der Waals surface area contributed by atoms with Crippen molar-refractivity contribution in [2.24, 2.45) is 0 Å². The summed E-state index contributed by atoms with van der Waals surface area (Å²) >= 11 is 0. The third-order valence-electron chi connectivity index (χ3n) is 4.90. The van der Waals surface area contributed by atoms with E-state index in [4.69, 9.17) is 4.42 Å². The largest absolute Gasteiger partial charge is 0.467 e. The van der Waals surface area contributed by atoms with Crippen LogP contribution in [0.3, 0.4) is 0 Å². The fourth-order valence-electron chi connectivity index (χ4n) is 3.43. The predicted molar refractivity (Wildman–Crippen MR) is 114 cm³/mol. The summed E-state index contributed by atoms with van der Waals surface area (Å²) < 4.78 is 7.67. The van der Waals surface area contributed by atoms with E-state index in [1.54, 1.807) is 42.5 Å². The number of fused-ring (bicyclic) bond motifs is 1. The topological polar surface area (TPSA) is 86.2 Å². The molecule has 4 rings (SSSR count). The zero-order valence-electron chi connectivity index (χ0n) is 16.7. The van der Waals surface area contributed by atoms with Crippen LogP contribution < -0.4 is 16.6 Å². The molecule has 30 heavy (non-hydrogen) atoms. The number of benzene rings is 2. The molecule has 2 aromatic heterocycles. The lowest BCUT2D eigenvalue weighted by Gasteiger charge is -2.15. The molecular formula is C23H21N3O4. The minimum Gasteiger partial charge on any atom is -0.467 e. The van der Waals surface area contributed by atoms with Crippen LogP contribution in [-0.2, 0) is 17.9 Å². The Bertz CT molecular complexity index is 1350. The van der Waals surface area contributed by atoms with Gasteiger partial charge in [0.05, 0.1) is 29.4 Å². The highest BCUT2D eigenvalue weighted by molar-refractivity contribution is 5.82. The Hall–Kier alpha value is -3.87. The van der Waals surface area contributed by atoms with Crippen LogP contribution in [0, 0.1) is 13.8 Å². The summed E-state index contributed by atoms with van der Waals surface area (Å²) in [7, 11) is 0. The van der Waals surface area contributed by atoms with E-state index < -0.39 is 11.2 Å². The molecule has 0 saturated heterocycles. The Morgan fingerprint density at radius 3 is 2.53 bits per heavy atom. The molecule has 0 atom stereocenters. The molecule has 7 nitrogen and oxygen atoms in total. The summed E-state index contributed by atoms with van der Waals surface area (Å²) in [6, 6.07) is 15.9. The first-order chi connectivity index (χ1) is 14.4. The Morgan fingerprint density at radius 2 is 1.80 bits per heavy atom. The number of aromatic nitrogens is 2. The first kappa shape index (κ1) is 19.4. The zero-order valence-corrected chi connectivity index (χ0v) is 16.7. The Balaban J connectivity index is 1.82. The molecule has 0 aliphatic rings. The first-order valence-electron chi connectivity index (χ1n) is 9.56. The van der Waals surface area contributed by atoms with Crippen molar-refractivity contribution in [3.63, 3.8) is 0 Å². The van der Waals surface area contributed by atoms with Gasteiger partial charge in [-0.05, 0) is 55.8 Å². The molecule has 1 amide bonds. The maximum absolute atomic E-state index is 13.3. The van der Waals surface area contributed by atoms with Crippen molar-refractivity contribution in [3.8, 4) is 5.69 Å². The van der Waals surface area contributed by atoms with E-state index in [-0.39, 0.29) is 19.0 Å². The summed E-state index contributed by atoms with van der Waals surface area (Å²) in [5.41, 5.74) is 1.74. The summed E-state index contributed by atoms with van der Waals surface area (Å²) in [6.45, 7) is 3.77. The van der Waals surface area contributed by atoms with Crippen LogP contribution >= 0.6 is 0 Å². The van der Waals surface area contributed by atoms with Gasteiger partial charge in [-0.25, -0.2) is 9.36 Å². The van der Waals surface area contributed by atoms with Crippen molar-refractivity contribution in [2.75, 3.05) is 0 Å². The quantitative estimate of drug-likeness (QED) is 0.555. The second kappa shape index (κ2) is 7.87. The van der Waals surface area contributed by atoms with Crippen LogP contribution in [0.4, 0.5) is 0 Å². The summed E-state index contributed by atoms with van der Waals surface area (Å²) in [6.07, 6.45) is 1.53. The molecule has 4 aromatic rings. The molecule has 0 fully saturated rings. The van der Waals surface area contributed by atoms with Crippen LogP contribution in [0.2, 0.25) is 0 Å². The van der Waals surface area contributed by atoms with Gasteiger partial charge in [-0.2, -0.15) is 0 Å². The van der Waals surface area contributed by atoms with E-state index in [0.29, 0.717) is 22.4 Å². The van der Waals surface area contributed by atoms with Crippen molar-refractivity contribution in [1.29, 1.82) is 0 Å². The summed E-state index contributed by atoms with van der Waals surface area (Å²) in [5.74, 6) is 0.255. The van der Waals surface area contributed by atoms with Crippen molar-refractivity contribution in [3.05, 3.63) is 98.6 Å². The molecule has 7 heteroatoms. The van der Waals surface area contributed by atoms with E-state index in [1.807, 2.05) is 26.0 Å². The Morgan fingerprint density at radius 1 is 1.00 bits per heavy atom. The molecule has 0 aliphatic carbocycles. The number of hydrogen-bond acceptors (Lipinski definition) is 4. The zero-order chi connectivity index (χ0) is 21.3. The molecule has 1 N–H and O–H groups in total. The van der Waals surface area contributed by atoms with Gasteiger partial charge in [0.1, 0.15) is 12.3 Å². The monoisotopic (exact) mass is 403 g/mol. The standard InChI is InChI=1S/C23H21N3O4/c1-15-5-3-6-17(11-15)26-22(28)19-12-16(2)8-9-20(19)25(23(26)29)14-21(27)24-13-18-7-4-10-30-18/h3-12H,13-14H2,1-2H3,(H,24,27). The normalized spacial score (nSPS) is 11.0. The Kier molecular flexibility index (Phi) is 5.10. The number of rotatable bonds is 5. The number of carbonyl (C=O) groups is 1. The van der Waals surface area contributed by atoms with Gasteiger partial charge in [0.25, 0.3) is 5.56 Å². The minimum atomic E-state index is -0.560. The second-order valence-electron chi connectivity index (χ2n) is 7.22. The molecule has 0 unspecified atom stereocenters. The van der Waals surface area contributed by atoms with Gasteiger partial charge in [0.15, 0.2) is 0 Å².